The molecule has 2 rings (SSSR count). The summed E-state index contributed by atoms with van der Waals surface area (Å²) in [6, 6.07) is 0. The lowest BCUT2D eigenvalue weighted by molar-refractivity contribution is -0.354. The number of rotatable bonds is 10. The van der Waals surface area contributed by atoms with Gasteiger partial charge in [0.1, 0.15) is 0 Å². The van der Waals surface area contributed by atoms with E-state index in [9.17, 15) is 4.79 Å². The maximum absolute atomic E-state index is 11.0. The molecule has 0 aromatic heterocycles. The summed E-state index contributed by atoms with van der Waals surface area (Å²) in [5, 5.41) is 9.03. The lowest BCUT2D eigenvalue weighted by atomic mass is 10.1. The van der Waals surface area contributed by atoms with E-state index in [-0.39, 0.29) is 12.0 Å². The van der Waals surface area contributed by atoms with Crippen LogP contribution < -0.4 is 0 Å². The number of allylic oxidation sites excluding steroid dienone is 4. The molecule has 2 aliphatic rings. The van der Waals surface area contributed by atoms with Gasteiger partial charge in [-0.05, 0) is 51.2 Å². The average Bonchev–Trinajstić information content (AvgIpc) is 3.18. The predicted octanol–water partition coefficient (Wildman–Crippen LogP) is 4.27. The van der Waals surface area contributed by atoms with E-state index in [1.54, 1.807) is 0 Å². The van der Waals surface area contributed by atoms with Crippen molar-refractivity contribution >= 4 is 5.97 Å². The normalized spacial score (nSPS) is 17.6. The Morgan fingerprint density at radius 2 is 1.78 bits per heavy atom. The lowest BCUT2D eigenvalue weighted by Crippen LogP contribution is -2.39. The molecule has 0 aromatic carbocycles. The fourth-order valence-corrected chi connectivity index (χ4v) is 2.75. The summed E-state index contributed by atoms with van der Waals surface area (Å²) in [5.74, 6) is -0.550. The van der Waals surface area contributed by atoms with Crippen LogP contribution in [0.2, 0.25) is 0 Å². The first-order valence-corrected chi connectivity index (χ1v) is 8.36. The van der Waals surface area contributed by atoms with Gasteiger partial charge in [0.2, 0.25) is 0 Å². The summed E-state index contributed by atoms with van der Waals surface area (Å²) in [7, 11) is 0. The first-order chi connectivity index (χ1) is 11.0. The Morgan fingerprint density at radius 1 is 1.22 bits per heavy atom. The Labute approximate surface area is 137 Å². The molecule has 0 atom stereocenters. The summed E-state index contributed by atoms with van der Waals surface area (Å²) in [6.07, 6.45) is 10.4. The summed E-state index contributed by atoms with van der Waals surface area (Å²) < 4.78 is 18.0. The molecular formula is C18H26O5. The van der Waals surface area contributed by atoms with Crippen molar-refractivity contribution in [3.05, 3.63) is 35.8 Å². The van der Waals surface area contributed by atoms with Crippen molar-refractivity contribution in [1.29, 1.82) is 0 Å². The largest absolute Gasteiger partial charge is 0.478 e. The van der Waals surface area contributed by atoms with Crippen LogP contribution >= 0.6 is 0 Å². The molecule has 0 radical (unpaired) electrons. The van der Waals surface area contributed by atoms with Crippen molar-refractivity contribution in [1.82, 2.24) is 0 Å². The highest BCUT2D eigenvalue weighted by molar-refractivity contribution is 5.85. The topological polar surface area (TPSA) is 65.0 Å². The van der Waals surface area contributed by atoms with Crippen LogP contribution in [0.5, 0.6) is 0 Å². The number of carboxylic acid groups (broad SMARTS) is 1. The van der Waals surface area contributed by atoms with Crippen LogP contribution in [0, 0.1) is 0 Å². The van der Waals surface area contributed by atoms with Crippen LogP contribution in [0.15, 0.2) is 35.8 Å². The van der Waals surface area contributed by atoms with E-state index in [4.69, 9.17) is 19.3 Å². The number of carbonyl (C=O) groups is 1. The highest BCUT2D eigenvalue weighted by Crippen LogP contribution is 2.35. The van der Waals surface area contributed by atoms with Gasteiger partial charge in [0.15, 0.2) is 0 Å². The van der Waals surface area contributed by atoms with E-state index >= 15 is 0 Å². The van der Waals surface area contributed by atoms with E-state index in [1.807, 2.05) is 19.1 Å². The number of ether oxygens (including phenoxy) is 3. The molecule has 128 valence electrons. The van der Waals surface area contributed by atoms with Gasteiger partial charge in [0.25, 0.3) is 0 Å². The van der Waals surface area contributed by atoms with Gasteiger partial charge in [-0.2, -0.15) is 0 Å². The summed E-state index contributed by atoms with van der Waals surface area (Å²) in [4.78, 5) is 11.0. The molecule has 5 heteroatoms. The number of hydrogen-bond acceptors (Lipinski definition) is 4. The highest BCUT2D eigenvalue weighted by atomic mass is 16.9. The molecule has 0 saturated carbocycles. The third-order valence-electron chi connectivity index (χ3n) is 3.97. The monoisotopic (exact) mass is 322 g/mol. The van der Waals surface area contributed by atoms with Crippen molar-refractivity contribution in [2.75, 3.05) is 6.61 Å². The number of hydrogen-bond donors (Lipinski definition) is 1. The van der Waals surface area contributed by atoms with Gasteiger partial charge in [-0.3, -0.25) is 0 Å². The Kier molecular flexibility index (Phi) is 6.28. The summed E-state index contributed by atoms with van der Waals surface area (Å²) >= 11 is 0. The molecular weight excluding hydrogens is 296 g/mol. The average molecular weight is 322 g/mol. The van der Waals surface area contributed by atoms with Gasteiger partial charge >= 0.3 is 11.9 Å². The molecule has 0 aromatic rings. The second-order valence-electron chi connectivity index (χ2n) is 5.85. The van der Waals surface area contributed by atoms with Crippen molar-refractivity contribution in [2.24, 2.45) is 0 Å². The quantitative estimate of drug-likeness (QED) is 0.481. The van der Waals surface area contributed by atoms with Crippen molar-refractivity contribution < 1.29 is 24.1 Å². The van der Waals surface area contributed by atoms with Crippen LogP contribution in [0.3, 0.4) is 0 Å². The lowest BCUT2D eigenvalue weighted by Gasteiger charge is -2.34. The molecule has 23 heavy (non-hydrogen) atoms. The molecule has 2 aliphatic carbocycles. The van der Waals surface area contributed by atoms with Gasteiger partial charge in [-0.25, -0.2) is 4.79 Å². The van der Waals surface area contributed by atoms with E-state index < -0.39 is 11.9 Å². The van der Waals surface area contributed by atoms with Gasteiger partial charge in [0, 0.05) is 18.4 Å². The molecule has 0 heterocycles. The van der Waals surface area contributed by atoms with Crippen LogP contribution in [-0.4, -0.2) is 23.7 Å². The zero-order valence-corrected chi connectivity index (χ0v) is 13.8. The smallest absolute Gasteiger partial charge is 0.371 e. The minimum absolute atomic E-state index is 0.127. The van der Waals surface area contributed by atoms with Crippen molar-refractivity contribution in [3.63, 3.8) is 0 Å². The van der Waals surface area contributed by atoms with E-state index in [2.05, 4.69) is 6.58 Å². The third-order valence-corrected chi connectivity index (χ3v) is 3.97. The van der Waals surface area contributed by atoms with Gasteiger partial charge in [-0.15, -0.1) is 0 Å². The Hall–Kier alpha value is -1.75. The SMILES string of the molecule is C=C(CCC(OCC)(OC1=CCCC1)OC1=CCCC1)C(=O)O. The zero-order chi connectivity index (χ0) is 16.7. The standard InChI is InChI=1S/C18H26O5/c1-3-21-18(13-12-14(2)17(19)20,22-15-8-4-5-9-15)23-16-10-6-7-11-16/h8,10H,2-7,9,11-13H2,1H3,(H,19,20). The molecule has 0 spiro atoms. The van der Waals surface area contributed by atoms with Crippen LogP contribution in [-0.2, 0) is 19.0 Å². The number of carboxylic acids is 1. The predicted molar refractivity (Wildman–Crippen MR) is 86.4 cm³/mol. The molecule has 0 amide bonds. The minimum Gasteiger partial charge on any atom is -0.478 e. The molecule has 1 N–H and O–H groups in total. The molecule has 0 aliphatic heterocycles. The summed E-state index contributed by atoms with van der Waals surface area (Å²) in [5.41, 5.74) is 0.127. The zero-order valence-electron chi connectivity index (χ0n) is 13.8. The molecule has 0 bridgehead atoms. The number of aliphatic carboxylic acids is 1. The maximum Gasteiger partial charge on any atom is 0.371 e. The van der Waals surface area contributed by atoms with E-state index in [1.165, 1.54) is 0 Å². The fourth-order valence-electron chi connectivity index (χ4n) is 2.75. The third kappa shape index (κ3) is 5.13. The Morgan fingerprint density at radius 3 is 2.17 bits per heavy atom. The molecule has 0 unspecified atom stereocenters. The van der Waals surface area contributed by atoms with Crippen LogP contribution in [0.25, 0.3) is 0 Å². The van der Waals surface area contributed by atoms with Gasteiger partial charge < -0.3 is 19.3 Å². The molecule has 0 saturated heterocycles. The summed E-state index contributed by atoms with van der Waals surface area (Å²) in [6.45, 7) is 5.88. The first kappa shape index (κ1) is 17.6. The van der Waals surface area contributed by atoms with Crippen molar-refractivity contribution in [3.8, 4) is 0 Å². The maximum atomic E-state index is 11.0. The Balaban J connectivity index is 2.13. The van der Waals surface area contributed by atoms with Crippen LogP contribution in [0.4, 0.5) is 0 Å². The van der Waals surface area contributed by atoms with E-state index in [0.717, 1.165) is 50.0 Å². The highest BCUT2D eigenvalue weighted by Gasteiger charge is 2.38. The molecule has 5 nitrogen and oxygen atoms in total. The van der Waals surface area contributed by atoms with Crippen LogP contribution in [0.1, 0.15) is 58.3 Å². The van der Waals surface area contributed by atoms with Gasteiger partial charge in [-0.1, -0.05) is 6.58 Å². The molecule has 0 fully saturated rings. The minimum atomic E-state index is -1.26. The van der Waals surface area contributed by atoms with Gasteiger partial charge in [0.05, 0.1) is 24.5 Å². The van der Waals surface area contributed by atoms with E-state index in [0.29, 0.717) is 13.0 Å². The fraction of sp³-hybridized carbons (Fsp3) is 0.611. The Bertz CT molecular complexity index is 478. The second kappa shape index (κ2) is 8.20. The van der Waals surface area contributed by atoms with Crippen molar-refractivity contribution in [2.45, 2.75) is 64.3 Å². The second-order valence-corrected chi connectivity index (χ2v) is 5.85. The first-order valence-electron chi connectivity index (χ1n) is 8.36.